The van der Waals surface area contributed by atoms with Crippen molar-refractivity contribution in [2.75, 3.05) is 6.54 Å². The fourth-order valence-corrected chi connectivity index (χ4v) is 3.76. The van der Waals surface area contributed by atoms with Crippen LogP contribution in [0.3, 0.4) is 0 Å². The van der Waals surface area contributed by atoms with Crippen molar-refractivity contribution in [1.29, 1.82) is 0 Å². The minimum atomic E-state index is -0.711. The molecule has 1 N–H and O–H groups in total. The molecule has 5 heteroatoms. The van der Waals surface area contributed by atoms with Gasteiger partial charge >= 0.3 is 0 Å². The van der Waals surface area contributed by atoms with Gasteiger partial charge in [0.2, 0.25) is 0 Å². The van der Waals surface area contributed by atoms with E-state index in [1.54, 1.807) is 11.8 Å². The Bertz CT molecular complexity index is 836. The molecule has 1 aliphatic heterocycles. The lowest BCUT2D eigenvalue weighted by molar-refractivity contribution is 0.0546. The fourth-order valence-electron chi connectivity index (χ4n) is 3.76. The molecule has 1 amide bonds. The van der Waals surface area contributed by atoms with Gasteiger partial charge in [0.1, 0.15) is 11.5 Å². The van der Waals surface area contributed by atoms with E-state index in [1.807, 2.05) is 24.3 Å². The molecule has 0 bridgehead atoms. The van der Waals surface area contributed by atoms with Gasteiger partial charge in [0.15, 0.2) is 5.78 Å². The van der Waals surface area contributed by atoms with E-state index in [0.29, 0.717) is 42.0 Å². The highest BCUT2D eigenvalue weighted by molar-refractivity contribution is 6.10. The third-order valence-corrected chi connectivity index (χ3v) is 4.91. The minimum Gasteiger partial charge on any atom is -0.465 e. The Balaban J connectivity index is 1.71. The summed E-state index contributed by atoms with van der Waals surface area (Å²) in [5.74, 6) is 0.870. The molecule has 2 heterocycles. The number of aliphatic hydroxyl groups excluding tert-OH is 1. The van der Waals surface area contributed by atoms with Crippen LogP contribution in [0.2, 0.25) is 0 Å². The number of ketones is 1. The Morgan fingerprint density at radius 1 is 1.29 bits per heavy atom. The second-order valence-electron chi connectivity index (χ2n) is 6.51. The van der Waals surface area contributed by atoms with Gasteiger partial charge in [-0.25, -0.2) is 0 Å². The molecule has 0 fully saturated rings. The van der Waals surface area contributed by atoms with Gasteiger partial charge in [-0.15, -0.1) is 0 Å². The van der Waals surface area contributed by atoms with Crippen molar-refractivity contribution in [2.45, 2.75) is 38.8 Å². The van der Waals surface area contributed by atoms with Gasteiger partial charge in [-0.1, -0.05) is 24.3 Å². The van der Waals surface area contributed by atoms with Crippen LogP contribution in [0.15, 0.2) is 28.7 Å². The number of furan rings is 1. The SMILES string of the molecule is Cc1oc2c(c1C(=O)N1Cc3ccccc3[C@H](O)C1)C(=O)CCC2. The van der Waals surface area contributed by atoms with Crippen molar-refractivity contribution < 1.29 is 19.1 Å². The Morgan fingerprint density at radius 3 is 2.92 bits per heavy atom. The molecule has 124 valence electrons. The van der Waals surface area contributed by atoms with E-state index in [0.717, 1.165) is 17.5 Å². The Labute approximate surface area is 139 Å². The predicted molar refractivity (Wildman–Crippen MR) is 86.9 cm³/mol. The van der Waals surface area contributed by atoms with Crippen molar-refractivity contribution >= 4 is 11.7 Å². The molecule has 5 nitrogen and oxygen atoms in total. The predicted octanol–water partition coefficient (Wildman–Crippen LogP) is 2.80. The Morgan fingerprint density at radius 2 is 2.08 bits per heavy atom. The van der Waals surface area contributed by atoms with Crippen molar-refractivity contribution in [3.63, 3.8) is 0 Å². The van der Waals surface area contributed by atoms with Gasteiger partial charge in [0, 0.05) is 19.4 Å². The molecule has 1 aliphatic carbocycles. The normalized spacial score (nSPS) is 19.8. The van der Waals surface area contributed by atoms with E-state index >= 15 is 0 Å². The molecule has 1 aromatic heterocycles. The summed E-state index contributed by atoms with van der Waals surface area (Å²) in [4.78, 5) is 27.0. The molecule has 24 heavy (non-hydrogen) atoms. The summed E-state index contributed by atoms with van der Waals surface area (Å²) in [6.07, 6.45) is 1.21. The molecular weight excluding hydrogens is 306 g/mol. The van der Waals surface area contributed by atoms with Crippen molar-refractivity contribution in [3.8, 4) is 0 Å². The molecule has 1 aromatic carbocycles. The average Bonchev–Trinajstić information content (AvgIpc) is 2.91. The van der Waals surface area contributed by atoms with Crippen LogP contribution in [0.5, 0.6) is 0 Å². The highest BCUT2D eigenvalue weighted by Gasteiger charge is 2.35. The van der Waals surface area contributed by atoms with Crippen LogP contribution in [0.1, 0.15) is 62.3 Å². The van der Waals surface area contributed by atoms with Gasteiger partial charge in [-0.05, 0) is 24.5 Å². The van der Waals surface area contributed by atoms with Crippen LogP contribution < -0.4 is 0 Å². The quantitative estimate of drug-likeness (QED) is 0.875. The van der Waals surface area contributed by atoms with Crippen LogP contribution >= 0.6 is 0 Å². The first-order valence-electron chi connectivity index (χ1n) is 8.27. The van der Waals surface area contributed by atoms with E-state index in [1.165, 1.54) is 0 Å². The molecule has 2 aliphatic rings. The summed E-state index contributed by atoms with van der Waals surface area (Å²) < 4.78 is 5.68. The zero-order valence-corrected chi connectivity index (χ0v) is 13.5. The van der Waals surface area contributed by atoms with Crippen LogP contribution in [-0.2, 0) is 13.0 Å². The lowest BCUT2D eigenvalue weighted by Gasteiger charge is -2.32. The monoisotopic (exact) mass is 325 g/mol. The first-order chi connectivity index (χ1) is 11.6. The first kappa shape index (κ1) is 15.1. The first-order valence-corrected chi connectivity index (χ1v) is 8.27. The van der Waals surface area contributed by atoms with Crippen LogP contribution in [0.4, 0.5) is 0 Å². The molecule has 0 saturated heterocycles. The molecular formula is C19H19NO4. The van der Waals surface area contributed by atoms with Crippen molar-refractivity contribution in [3.05, 3.63) is 58.0 Å². The van der Waals surface area contributed by atoms with Crippen LogP contribution in [-0.4, -0.2) is 28.2 Å². The standard InChI is InChI=1S/C19H19NO4/c1-11-17(18-14(21)7-4-8-16(18)24-11)19(23)20-9-12-5-2-3-6-13(12)15(22)10-20/h2-3,5-6,15,22H,4,7-10H2,1H3/t15-/m1/s1. The third-order valence-electron chi connectivity index (χ3n) is 4.91. The summed E-state index contributed by atoms with van der Waals surface area (Å²) in [7, 11) is 0. The number of aliphatic hydroxyl groups is 1. The van der Waals surface area contributed by atoms with E-state index in [4.69, 9.17) is 4.42 Å². The molecule has 2 aromatic rings. The zero-order valence-electron chi connectivity index (χ0n) is 13.5. The number of Topliss-reactive ketones (excluding diaryl/α,β-unsaturated/α-hetero) is 1. The molecule has 0 spiro atoms. The number of carbonyl (C=O) groups excluding carboxylic acids is 2. The number of β-amino-alcohol motifs (C(OH)–C–C–N with tert-alkyl or cyclic N) is 1. The van der Waals surface area contributed by atoms with Crippen LogP contribution in [0.25, 0.3) is 0 Å². The van der Waals surface area contributed by atoms with Gasteiger partial charge in [-0.2, -0.15) is 0 Å². The number of hydrogen-bond donors (Lipinski definition) is 1. The number of amides is 1. The number of carbonyl (C=O) groups is 2. The molecule has 0 radical (unpaired) electrons. The van der Waals surface area contributed by atoms with Gasteiger partial charge < -0.3 is 14.4 Å². The molecule has 1 atom stereocenters. The zero-order chi connectivity index (χ0) is 16.8. The smallest absolute Gasteiger partial charge is 0.258 e. The average molecular weight is 325 g/mol. The maximum absolute atomic E-state index is 13.1. The number of aryl methyl sites for hydroxylation is 2. The third kappa shape index (κ3) is 2.27. The van der Waals surface area contributed by atoms with Crippen molar-refractivity contribution in [1.82, 2.24) is 4.90 Å². The number of rotatable bonds is 1. The maximum Gasteiger partial charge on any atom is 0.258 e. The second kappa shape index (κ2) is 5.60. The van der Waals surface area contributed by atoms with E-state index in [2.05, 4.69) is 0 Å². The molecule has 0 saturated carbocycles. The van der Waals surface area contributed by atoms with Gasteiger partial charge in [0.05, 0.1) is 23.8 Å². The highest BCUT2D eigenvalue weighted by Crippen LogP contribution is 2.33. The van der Waals surface area contributed by atoms with Crippen LogP contribution in [0, 0.1) is 6.92 Å². The lowest BCUT2D eigenvalue weighted by atomic mass is 9.92. The van der Waals surface area contributed by atoms with Gasteiger partial charge in [-0.3, -0.25) is 9.59 Å². The van der Waals surface area contributed by atoms with E-state index in [9.17, 15) is 14.7 Å². The molecule has 4 rings (SSSR count). The van der Waals surface area contributed by atoms with E-state index < -0.39 is 6.10 Å². The summed E-state index contributed by atoms with van der Waals surface area (Å²) >= 11 is 0. The Kier molecular flexibility index (Phi) is 3.53. The van der Waals surface area contributed by atoms with Gasteiger partial charge in [0.25, 0.3) is 5.91 Å². The largest absolute Gasteiger partial charge is 0.465 e. The Hall–Kier alpha value is -2.40. The number of hydrogen-bond acceptors (Lipinski definition) is 4. The van der Waals surface area contributed by atoms with E-state index in [-0.39, 0.29) is 18.2 Å². The summed E-state index contributed by atoms with van der Waals surface area (Å²) in [6, 6.07) is 7.58. The second-order valence-corrected chi connectivity index (χ2v) is 6.51. The fraction of sp³-hybridized carbons (Fsp3) is 0.368. The highest BCUT2D eigenvalue weighted by atomic mass is 16.3. The lowest BCUT2D eigenvalue weighted by Crippen LogP contribution is -2.39. The summed E-state index contributed by atoms with van der Waals surface area (Å²) in [5.41, 5.74) is 2.63. The molecule has 0 unspecified atom stereocenters. The minimum absolute atomic E-state index is 0.0191. The maximum atomic E-state index is 13.1. The van der Waals surface area contributed by atoms with Crippen molar-refractivity contribution in [2.24, 2.45) is 0 Å². The number of benzene rings is 1. The number of nitrogens with zero attached hydrogens (tertiary/aromatic N) is 1. The topological polar surface area (TPSA) is 70.8 Å². The summed E-state index contributed by atoms with van der Waals surface area (Å²) in [5, 5.41) is 10.4. The number of fused-ring (bicyclic) bond motifs is 2. The summed E-state index contributed by atoms with van der Waals surface area (Å²) in [6.45, 7) is 2.39.